The highest BCUT2D eigenvalue weighted by Crippen LogP contribution is 2.40. The molecule has 3 nitrogen and oxygen atoms in total. The number of hydrogen-bond acceptors (Lipinski definition) is 3. The molecule has 3 rings (SSSR count). The number of nitrogens with zero attached hydrogens (tertiary/aromatic N) is 1. The van der Waals surface area contributed by atoms with E-state index in [0.29, 0.717) is 12.1 Å². The number of nitrogens with two attached hydrogens (primary N) is 1. The van der Waals surface area contributed by atoms with Crippen LogP contribution >= 0.6 is 11.6 Å². The third-order valence-corrected chi connectivity index (χ3v) is 4.81. The largest absolute Gasteiger partial charge is 0.393 e. The molecular formula is C15H21ClN2O. The van der Waals surface area contributed by atoms with E-state index in [0.717, 1.165) is 23.4 Å². The Morgan fingerprint density at radius 3 is 2.47 bits per heavy atom. The minimum atomic E-state index is -0.132. The van der Waals surface area contributed by atoms with Crippen LogP contribution in [0.15, 0.2) is 18.2 Å². The number of aliphatic hydroxyl groups is 1. The van der Waals surface area contributed by atoms with Crippen LogP contribution in [0, 0.1) is 0 Å². The Labute approximate surface area is 119 Å². The van der Waals surface area contributed by atoms with Gasteiger partial charge in [-0.2, -0.15) is 0 Å². The van der Waals surface area contributed by atoms with Crippen molar-refractivity contribution in [2.75, 3.05) is 4.90 Å². The Kier molecular flexibility index (Phi) is 3.46. The lowest BCUT2D eigenvalue weighted by atomic mass is 9.98. The van der Waals surface area contributed by atoms with Crippen molar-refractivity contribution in [3.63, 3.8) is 0 Å². The van der Waals surface area contributed by atoms with Crippen molar-refractivity contribution in [1.29, 1.82) is 0 Å². The van der Waals surface area contributed by atoms with Crippen LogP contribution in [-0.2, 0) is 0 Å². The Bertz CT molecular complexity index is 463. The first-order chi connectivity index (χ1) is 9.06. The second kappa shape index (κ2) is 4.97. The molecule has 0 saturated carbocycles. The summed E-state index contributed by atoms with van der Waals surface area (Å²) in [5.41, 5.74) is 8.07. The first-order valence-corrected chi connectivity index (χ1v) is 7.45. The van der Waals surface area contributed by atoms with Crippen LogP contribution in [0.3, 0.4) is 0 Å². The minimum Gasteiger partial charge on any atom is -0.393 e. The van der Waals surface area contributed by atoms with Crippen molar-refractivity contribution < 1.29 is 5.11 Å². The SMILES string of the molecule is CC(N)c1ccc(N2C3CCC2CC(O)C3)cc1Cl. The van der Waals surface area contributed by atoms with E-state index in [2.05, 4.69) is 11.0 Å². The lowest BCUT2D eigenvalue weighted by Gasteiger charge is -2.39. The number of hydrogen-bond donors (Lipinski definition) is 2. The van der Waals surface area contributed by atoms with Crippen molar-refractivity contribution in [1.82, 2.24) is 0 Å². The summed E-state index contributed by atoms with van der Waals surface area (Å²) in [5, 5.41) is 10.6. The summed E-state index contributed by atoms with van der Waals surface area (Å²) in [6, 6.07) is 7.07. The molecule has 2 heterocycles. The molecule has 104 valence electrons. The highest BCUT2D eigenvalue weighted by molar-refractivity contribution is 6.31. The van der Waals surface area contributed by atoms with Crippen LogP contribution in [0.5, 0.6) is 0 Å². The molecule has 0 radical (unpaired) electrons. The van der Waals surface area contributed by atoms with Gasteiger partial charge >= 0.3 is 0 Å². The highest BCUT2D eigenvalue weighted by Gasteiger charge is 2.40. The molecule has 2 aliphatic heterocycles. The molecule has 0 amide bonds. The summed E-state index contributed by atoms with van der Waals surface area (Å²) in [6.07, 6.45) is 3.97. The molecule has 19 heavy (non-hydrogen) atoms. The molecule has 3 N–H and O–H groups in total. The van der Waals surface area contributed by atoms with Gasteiger partial charge in [-0.05, 0) is 50.3 Å². The van der Waals surface area contributed by atoms with Gasteiger partial charge in [0, 0.05) is 28.8 Å². The van der Waals surface area contributed by atoms with Crippen molar-refractivity contribution in [2.45, 2.75) is 56.8 Å². The number of aliphatic hydroxyl groups excluding tert-OH is 1. The van der Waals surface area contributed by atoms with E-state index in [9.17, 15) is 5.11 Å². The fourth-order valence-electron chi connectivity index (χ4n) is 3.62. The number of benzene rings is 1. The van der Waals surface area contributed by atoms with Gasteiger partial charge in [0.2, 0.25) is 0 Å². The van der Waals surface area contributed by atoms with E-state index in [1.165, 1.54) is 18.5 Å². The summed E-state index contributed by atoms with van der Waals surface area (Å²) >= 11 is 6.33. The van der Waals surface area contributed by atoms with Crippen LogP contribution in [0.1, 0.15) is 44.2 Å². The van der Waals surface area contributed by atoms with Crippen molar-refractivity contribution in [3.8, 4) is 0 Å². The number of rotatable bonds is 2. The zero-order chi connectivity index (χ0) is 13.6. The first kappa shape index (κ1) is 13.2. The van der Waals surface area contributed by atoms with Gasteiger partial charge in [-0.1, -0.05) is 17.7 Å². The van der Waals surface area contributed by atoms with Gasteiger partial charge in [0.15, 0.2) is 0 Å². The summed E-state index contributed by atoms with van der Waals surface area (Å²) in [6.45, 7) is 1.95. The smallest absolute Gasteiger partial charge is 0.0579 e. The van der Waals surface area contributed by atoms with E-state index in [1.54, 1.807) is 0 Å². The maximum atomic E-state index is 9.86. The number of anilines is 1. The maximum absolute atomic E-state index is 9.86. The predicted octanol–water partition coefficient (Wildman–Crippen LogP) is 2.85. The molecular weight excluding hydrogens is 260 g/mol. The Balaban J connectivity index is 1.89. The van der Waals surface area contributed by atoms with Crippen LogP contribution in [0.4, 0.5) is 5.69 Å². The quantitative estimate of drug-likeness (QED) is 0.876. The lowest BCUT2D eigenvalue weighted by Crippen LogP contribution is -2.44. The monoisotopic (exact) mass is 280 g/mol. The van der Waals surface area contributed by atoms with E-state index < -0.39 is 0 Å². The van der Waals surface area contributed by atoms with Crippen LogP contribution in [0.2, 0.25) is 5.02 Å². The van der Waals surface area contributed by atoms with Crippen molar-refractivity contribution >= 4 is 17.3 Å². The Morgan fingerprint density at radius 2 is 1.95 bits per heavy atom. The van der Waals surface area contributed by atoms with E-state index in [-0.39, 0.29) is 12.1 Å². The molecule has 2 saturated heterocycles. The van der Waals surface area contributed by atoms with Crippen LogP contribution in [0.25, 0.3) is 0 Å². The molecule has 0 aromatic heterocycles. The summed E-state index contributed by atoms with van der Waals surface area (Å²) in [7, 11) is 0. The highest BCUT2D eigenvalue weighted by atomic mass is 35.5. The summed E-state index contributed by atoms with van der Waals surface area (Å²) in [4.78, 5) is 2.45. The Morgan fingerprint density at radius 1 is 1.32 bits per heavy atom. The molecule has 4 heteroatoms. The molecule has 2 bridgehead atoms. The fourth-order valence-corrected chi connectivity index (χ4v) is 3.96. The van der Waals surface area contributed by atoms with Gasteiger partial charge in [-0.3, -0.25) is 0 Å². The van der Waals surface area contributed by atoms with Gasteiger partial charge in [-0.25, -0.2) is 0 Å². The van der Waals surface area contributed by atoms with Gasteiger partial charge in [0.05, 0.1) is 6.10 Å². The molecule has 3 unspecified atom stereocenters. The molecule has 0 aliphatic carbocycles. The molecule has 3 atom stereocenters. The standard InChI is InChI=1S/C15H21ClN2O/c1-9(17)14-5-4-12(8-15(14)16)18-10-2-3-11(18)7-13(19)6-10/h4-5,8-11,13,19H,2-3,6-7,17H2,1H3. The van der Waals surface area contributed by atoms with Crippen molar-refractivity contribution in [3.05, 3.63) is 28.8 Å². The number of halogens is 1. The lowest BCUT2D eigenvalue weighted by molar-refractivity contribution is 0.126. The van der Waals surface area contributed by atoms with Gasteiger partial charge < -0.3 is 15.7 Å². The minimum absolute atomic E-state index is 0.0403. The van der Waals surface area contributed by atoms with Crippen LogP contribution in [-0.4, -0.2) is 23.3 Å². The normalized spacial score (nSPS) is 31.6. The molecule has 1 aromatic carbocycles. The Hall–Kier alpha value is -0.770. The van der Waals surface area contributed by atoms with E-state index >= 15 is 0 Å². The molecule has 1 aromatic rings. The fraction of sp³-hybridized carbons (Fsp3) is 0.600. The molecule has 2 fully saturated rings. The molecule has 2 aliphatic rings. The van der Waals surface area contributed by atoms with E-state index in [4.69, 9.17) is 17.3 Å². The number of fused-ring (bicyclic) bond motifs is 2. The summed E-state index contributed by atoms with van der Waals surface area (Å²) in [5.74, 6) is 0. The molecule has 0 spiro atoms. The second-order valence-electron chi connectivity index (χ2n) is 5.91. The predicted molar refractivity (Wildman–Crippen MR) is 78.6 cm³/mol. The number of piperidine rings is 1. The summed E-state index contributed by atoms with van der Waals surface area (Å²) < 4.78 is 0. The average molecular weight is 281 g/mol. The maximum Gasteiger partial charge on any atom is 0.0579 e. The zero-order valence-electron chi connectivity index (χ0n) is 11.2. The zero-order valence-corrected chi connectivity index (χ0v) is 12.0. The first-order valence-electron chi connectivity index (χ1n) is 7.07. The van der Waals surface area contributed by atoms with Crippen LogP contribution < -0.4 is 10.6 Å². The van der Waals surface area contributed by atoms with E-state index in [1.807, 2.05) is 19.1 Å². The second-order valence-corrected chi connectivity index (χ2v) is 6.32. The third kappa shape index (κ3) is 2.35. The third-order valence-electron chi connectivity index (χ3n) is 4.48. The van der Waals surface area contributed by atoms with Gasteiger partial charge in [0.25, 0.3) is 0 Å². The average Bonchev–Trinajstić information content (AvgIpc) is 2.61. The van der Waals surface area contributed by atoms with Gasteiger partial charge in [-0.15, -0.1) is 0 Å². The van der Waals surface area contributed by atoms with Crippen molar-refractivity contribution in [2.24, 2.45) is 5.73 Å². The topological polar surface area (TPSA) is 49.5 Å². The van der Waals surface area contributed by atoms with Gasteiger partial charge in [0.1, 0.15) is 0 Å².